The number of hydrogen-bond acceptors (Lipinski definition) is 6. The van der Waals surface area contributed by atoms with Crippen molar-refractivity contribution in [3.05, 3.63) is 48.0 Å². The first-order valence-corrected chi connectivity index (χ1v) is 9.90. The third-order valence-corrected chi connectivity index (χ3v) is 4.28. The highest BCUT2D eigenvalue weighted by Gasteiger charge is 2.11. The van der Waals surface area contributed by atoms with Crippen LogP contribution in [0.4, 0.5) is 0 Å². The first kappa shape index (κ1) is 22.3. The Balaban J connectivity index is 2.02. The number of aromatic hydroxyl groups is 1. The van der Waals surface area contributed by atoms with Crippen molar-refractivity contribution in [1.29, 1.82) is 0 Å². The van der Waals surface area contributed by atoms with Crippen LogP contribution >= 0.6 is 0 Å². The Morgan fingerprint density at radius 1 is 0.931 bits per heavy atom. The van der Waals surface area contributed by atoms with Crippen molar-refractivity contribution >= 4 is 11.9 Å². The Labute approximate surface area is 171 Å². The van der Waals surface area contributed by atoms with Crippen LogP contribution in [-0.2, 0) is 25.5 Å². The van der Waals surface area contributed by atoms with E-state index < -0.39 is 0 Å². The standard InChI is InChI=1S/C23H28O6/c1-3-27-21(24)13-7-9-17-8-6-12-20(23(17)26)18-10-5-11-19(16-18)29-15-14-22(25)28-4-2/h5-6,8,10-12,16,26H,3-4,7,9,13-15H2,1-2H3. The zero-order chi connectivity index (χ0) is 21.1. The topological polar surface area (TPSA) is 82.1 Å². The van der Waals surface area contributed by atoms with Crippen molar-refractivity contribution in [3.8, 4) is 22.6 Å². The second-order valence-corrected chi connectivity index (χ2v) is 6.40. The summed E-state index contributed by atoms with van der Waals surface area (Å²) >= 11 is 0. The van der Waals surface area contributed by atoms with Crippen molar-refractivity contribution < 1.29 is 28.9 Å². The molecule has 0 bridgehead atoms. The van der Waals surface area contributed by atoms with Crippen LogP contribution in [0.1, 0.15) is 38.7 Å². The smallest absolute Gasteiger partial charge is 0.309 e. The number of para-hydroxylation sites is 1. The second kappa shape index (κ2) is 11.7. The third-order valence-electron chi connectivity index (χ3n) is 4.28. The molecule has 6 nitrogen and oxygen atoms in total. The molecule has 0 amide bonds. The maximum atomic E-state index is 11.5. The molecule has 1 N–H and O–H groups in total. The highest BCUT2D eigenvalue weighted by Crippen LogP contribution is 2.34. The quantitative estimate of drug-likeness (QED) is 0.567. The first-order chi connectivity index (χ1) is 14.0. The molecule has 0 atom stereocenters. The molecule has 0 aliphatic rings. The summed E-state index contributed by atoms with van der Waals surface area (Å²) in [4.78, 5) is 22.9. The van der Waals surface area contributed by atoms with Gasteiger partial charge in [0.25, 0.3) is 0 Å². The lowest BCUT2D eigenvalue weighted by Gasteiger charge is -2.12. The molecule has 0 heterocycles. The molecule has 0 radical (unpaired) electrons. The molecule has 6 heteroatoms. The van der Waals surface area contributed by atoms with Gasteiger partial charge in [-0.1, -0.05) is 30.3 Å². The lowest BCUT2D eigenvalue weighted by molar-refractivity contribution is -0.144. The van der Waals surface area contributed by atoms with E-state index in [1.165, 1.54) is 0 Å². The van der Waals surface area contributed by atoms with Gasteiger partial charge in [0.05, 0.1) is 26.2 Å². The minimum atomic E-state index is -0.295. The lowest BCUT2D eigenvalue weighted by Crippen LogP contribution is -2.09. The van der Waals surface area contributed by atoms with Crippen LogP contribution in [0.2, 0.25) is 0 Å². The van der Waals surface area contributed by atoms with E-state index in [0.29, 0.717) is 43.8 Å². The van der Waals surface area contributed by atoms with Crippen molar-refractivity contribution in [2.45, 2.75) is 39.5 Å². The fraction of sp³-hybridized carbons (Fsp3) is 0.391. The summed E-state index contributed by atoms with van der Waals surface area (Å²) < 4.78 is 15.4. The van der Waals surface area contributed by atoms with E-state index in [-0.39, 0.29) is 30.7 Å². The van der Waals surface area contributed by atoms with Gasteiger partial charge < -0.3 is 19.3 Å². The molecule has 29 heavy (non-hydrogen) atoms. The van der Waals surface area contributed by atoms with Gasteiger partial charge in [-0.2, -0.15) is 0 Å². The van der Waals surface area contributed by atoms with E-state index >= 15 is 0 Å². The summed E-state index contributed by atoms with van der Waals surface area (Å²) in [6.45, 7) is 4.49. The average Bonchev–Trinajstić information content (AvgIpc) is 2.70. The normalized spacial score (nSPS) is 10.4. The Hall–Kier alpha value is -3.02. The Morgan fingerprint density at radius 2 is 1.62 bits per heavy atom. The fourth-order valence-corrected chi connectivity index (χ4v) is 2.92. The van der Waals surface area contributed by atoms with E-state index in [9.17, 15) is 14.7 Å². The molecule has 0 aliphatic carbocycles. The number of carbonyl (C=O) groups is 2. The number of rotatable bonds is 11. The highest BCUT2D eigenvalue weighted by atomic mass is 16.5. The lowest BCUT2D eigenvalue weighted by atomic mass is 9.98. The summed E-state index contributed by atoms with van der Waals surface area (Å²) in [6, 6.07) is 12.9. The summed E-state index contributed by atoms with van der Waals surface area (Å²) in [5, 5.41) is 10.7. The first-order valence-electron chi connectivity index (χ1n) is 9.90. The van der Waals surface area contributed by atoms with Gasteiger partial charge in [0.2, 0.25) is 0 Å². The van der Waals surface area contributed by atoms with E-state index in [2.05, 4.69) is 0 Å². The van der Waals surface area contributed by atoms with Crippen molar-refractivity contribution in [2.24, 2.45) is 0 Å². The molecule has 0 saturated carbocycles. The van der Waals surface area contributed by atoms with E-state index in [4.69, 9.17) is 14.2 Å². The number of esters is 2. The second-order valence-electron chi connectivity index (χ2n) is 6.40. The van der Waals surface area contributed by atoms with Gasteiger partial charge in [-0.3, -0.25) is 9.59 Å². The molecule has 0 aliphatic heterocycles. The number of aryl methyl sites for hydroxylation is 1. The highest BCUT2D eigenvalue weighted by molar-refractivity contribution is 5.73. The largest absolute Gasteiger partial charge is 0.507 e. The van der Waals surface area contributed by atoms with Gasteiger partial charge >= 0.3 is 11.9 Å². The SMILES string of the molecule is CCOC(=O)CCCc1cccc(-c2cccc(OCCC(=O)OCC)c2)c1O. The van der Waals surface area contributed by atoms with Crippen molar-refractivity contribution in [2.75, 3.05) is 19.8 Å². The van der Waals surface area contributed by atoms with Crippen LogP contribution in [-0.4, -0.2) is 36.9 Å². The van der Waals surface area contributed by atoms with Gasteiger partial charge in [-0.05, 0) is 49.9 Å². The molecule has 0 fully saturated rings. The summed E-state index contributed by atoms with van der Waals surface area (Å²) in [5.41, 5.74) is 2.28. The molecular weight excluding hydrogens is 372 g/mol. The van der Waals surface area contributed by atoms with Gasteiger partial charge in [0.15, 0.2) is 0 Å². The van der Waals surface area contributed by atoms with Gasteiger partial charge in [0.1, 0.15) is 11.5 Å². The molecular formula is C23H28O6. The monoisotopic (exact) mass is 400 g/mol. The van der Waals surface area contributed by atoms with E-state index in [1.54, 1.807) is 19.9 Å². The Morgan fingerprint density at radius 3 is 2.34 bits per heavy atom. The average molecular weight is 400 g/mol. The number of phenolic OH excluding ortho intramolecular Hbond substituents is 1. The third kappa shape index (κ3) is 7.14. The fourth-order valence-electron chi connectivity index (χ4n) is 2.92. The van der Waals surface area contributed by atoms with Crippen LogP contribution in [0.3, 0.4) is 0 Å². The predicted octanol–water partition coefficient (Wildman–Crippen LogP) is 4.28. The summed E-state index contributed by atoms with van der Waals surface area (Å²) in [7, 11) is 0. The van der Waals surface area contributed by atoms with E-state index in [1.807, 2.05) is 36.4 Å². The Bertz CT molecular complexity index is 815. The molecule has 0 spiro atoms. The van der Waals surface area contributed by atoms with Crippen LogP contribution in [0.25, 0.3) is 11.1 Å². The molecule has 2 aromatic carbocycles. The summed E-state index contributed by atoms with van der Waals surface area (Å²) in [5.74, 6) is 0.284. The Kier molecular flexibility index (Phi) is 9.02. The van der Waals surface area contributed by atoms with Crippen LogP contribution in [0, 0.1) is 0 Å². The number of hydrogen-bond donors (Lipinski definition) is 1. The van der Waals surface area contributed by atoms with Gasteiger partial charge in [-0.15, -0.1) is 0 Å². The zero-order valence-corrected chi connectivity index (χ0v) is 17.0. The minimum Gasteiger partial charge on any atom is -0.507 e. The summed E-state index contributed by atoms with van der Waals surface area (Å²) in [6.07, 6.45) is 1.68. The zero-order valence-electron chi connectivity index (χ0n) is 17.0. The van der Waals surface area contributed by atoms with Crippen LogP contribution < -0.4 is 4.74 Å². The number of benzene rings is 2. The molecule has 2 aromatic rings. The maximum absolute atomic E-state index is 11.5. The van der Waals surface area contributed by atoms with Crippen LogP contribution in [0.15, 0.2) is 42.5 Å². The number of ether oxygens (including phenoxy) is 3. The number of phenols is 1. The minimum absolute atomic E-state index is 0.180. The number of carbonyl (C=O) groups excluding carboxylic acids is 2. The maximum Gasteiger partial charge on any atom is 0.309 e. The molecule has 0 aromatic heterocycles. The van der Waals surface area contributed by atoms with Crippen LogP contribution in [0.5, 0.6) is 11.5 Å². The molecule has 156 valence electrons. The predicted molar refractivity (Wildman–Crippen MR) is 110 cm³/mol. The molecule has 2 rings (SSSR count). The molecule has 0 unspecified atom stereocenters. The van der Waals surface area contributed by atoms with E-state index in [0.717, 1.165) is 11.1 Å². The van der Waals surface area contributed by atoms with Gasteiger partial charge in [0, 0.05) is 12.0 Å². The molecule has 0 saturated heterocycles. The van der Waals surface area contributed by atoms with Crippen molar-refractivity contribution in [1.82, 2.24) is 0 Å². The van der Waals surface area contributed by atoms with Crippen molar-refractivity contribution in [3.63, 3.8) is 0 Å². The van der Waals surface area contributed by atoms with Gasteiger partial charge in [-0.25, -0.2) is 0 Å².